The third-order valence-corrected chi connectivity index (χ3v) is 4.40. The van der Waals surface area contributed by atoms with E-state index in [2.05, 4.69) is 20.8 Å². The predicted molar refractivity (Wildman–Crippen MR) is 93.4 cm³/mol. The van der Waals surface area contributed by atoms with E-state index in [1.807, 2.05) is 23.1 Å². The van der Waals surface area contributed by atoms with Gasteiger partial charge in [0.25, 0.3) is 0 Å². The number of carbonyl (C=O) groups is 1. The van der Waals surface area contributed by atoms with E-state index in [0.717, 1.165) is 36.5 Å². The van der Waals surface area contributed by atoms with E-state index in [4.69, 9.17) is 14.2 Å². The quantitative estimate of drug-likeness (QED) is 0.829. The summed E-state index contributed by atoms with van der Waals surface area (Å²) in [5.41, 5.74) is 0.652. The van der Waals surface area contributed by atoms with Crippen LogP contribution in [0.25, 0.3) is 0 Å². The third-order valence-electron chi connectivity index (χ3n) is 4.40. The van der Waals surface area contributed by atoms with Crippen LogP contribution in [0.5, 0.6) is 11.5 Å². The van der Waals surface area contributed by atoms with Crippen molar-refractivity contribution in [3.63, 3.8) is 0 Å². The van der Waals surface area contributed by atoms with Gasteiger partial charge in [0, 0.05) is 24.3 Å². The van der Waals surface area contributed by atoms with Crippen LogP contribution >= 0.6 is 0 Å². The topological polar surface area (TPSA) is 48.0 Å². The lowest BCUT2D eigenvalue weighted by Crippen LogP contribution is -2.49. The Hall–Kier alpha value is -1.75. The Labute approximate surface area is 144 Å². The van der Waals surface area contributed by atoms with Crippen LogP contribution in [0.4, 0.5) is 0 Å². The Bertz CT molecular complexity index is 559. The summed E-state index contributed by atoms with van der Waals surface area (Å²) < 4.78 is 16.3. The van der Waals surface area contributed by atoms with Crippen molar-refractivity contribution in [3.8, 4) is 11.5 Å². The van der Waals surface area contributed by atoms with Crippen LogP contribution in [0, 0.1) is 5.92 Å². The van der Waals surface area contributed by atoms with Gasteiger partial charge >= 0.3 is 0 Å². The number of benzene rings is 1. The summed E-state index contributed by atoms with van der Waals surface area (Å²) >= 11 is 0. The Morgan fingerprint density at radius 2 is 2.04 bits per heavy atom. The van der Waals surface area contributed by atoms with E-state index in [9.17, 15) is 4.79 Å². The highest BCUT2D eigenvalue weighted by molar-refractivity contribution is 5.80. The number of ether oxygens (including phenoxy) is 3. The summed E-state index contributed by atoms with van der Waals surface area (Å²) in [6.45, 7) is 7.92. The number of nitrogens with zero attached hydrogens (tertiary/aromatic N) is 1. The van der Waals surface area contributed by atoms with Crippen molar-refractivity contribution in [1.29, 1.82) is 0 Å². The molecule has 1 aliphatic rings. The fraction of sp³-hybridized carbons (Fsp3) is 0.632. The normalized spacial score (nSPS) is 18.1. The van der Waals surface area contributed by atoms with Crippen molar-refractivity contribution in [2.75, 3.05) is 27.4 Å². The molecule has 1 saturated heterocycles. The van der Waals surface area contributed by atoms with E-state index >= 15 is 0 Å². The largest absolute Gasteiger partial charge is 0.497 e. The lowest BCUT2D eigenvalue weighted by molar-refractivity contribution is -0.145. The van der Waals surface area contributed by atoms with Crippen LogP contribution in [0.1, 0.15) is 39.2 Å². The minimum atomic E-state index is -0.289. The smallest absolute Gasteiger partial charge is 0.228 e. The second-order valence-corrected chi connectivity index (χ2v) is 7.19. The molecule has 0 aliphatic carbocycles. The van der Waals surface area contributed by atoms with E-state index in [1.165, 1.54) is 0 Å². The highest BCUT2D eigenvalue weighted by Gasteiger charge is 2.33. The molecule has 0 N–H and O–H groups in total. The molecule has 0 radical (unpaired) electrons. The molecule has 0 aromatic heterocycles. The molecule has 0 spiro atoms. The van der Waals surface area contributed by atoms with Gasteiger partial charge in [0.15, 0.2) is 0 Å². The van der Waals surface area contributed by atoms with Crippen LogP contribution in [0.3, 0.4) is 0 Å². The molecule has 134 valence electrons. The molecular formula is C19H29NO4. The first-order valence-electron chi connectivity index (χ1n) is 8.47. The van der Waals surface area contributed by atoms with Crippen molar-refractivity contribution < 1.29 is 19.0 Å². The summed E-state index contributed by atoms with van der Waals surface area (Å²) in [5.74, 6) is 1.60. The molecular weight excluding hydrogens is 306 g/mol. The number of rotatable bonds is 5. The molecule has 0 bridgehead atoms. The lowest BCUT2D eigenvalue weighted by Gasteiger charge is -2.39. The monoisotopic (exact) mass is 335 g/mol. The number of amides is 1. The van der Waals surface area contributed by atoms with Crippen LogP contribution in [0.15, 0.2) is 18.2 Å². The Morgan fingerprint density at radius 3 is 2.58 bits per heavy atom. The molecule has 1 atom stereocenters. The van der Waals surface area contributed by atoms with Crippen molar-refractivity contribution in [2.45, 2.75) is 45.7 Å². The van der Waals surface area contributed by atoms with Crippen molar-refractivity contribution in [1.82, 2.24) is 4.90 Å². The fourth-order valence-corrected chi connectivity index (χ4v) is 2.98. The maximum absolute atomic E-state index is 13.1. The number of methoxy groups -OCH3 is 2. The zero-order chi connectivity index (χ0) is 17.7. The number of hydrogen-bond acceptors (Lipinski definition) is 4. The van der Waals surface area contributed by atoms with Gasteiger partial charge < -0.3 is 19.1 Å². The summed E-state index contributed by atoms with van der Waals surface area (Å²) in [7, 11) is 3.28. The Morgan fingerprint density at radius 1 is 1.29 bits per heavy atom. The molecule has 0 unspecified atom stereocenters. The molecule has 1 aliphatic heterocycles. The second kappa shape index (κ2) is 7.88. The van der Waals surface area contributed by atoms with Crippen LogP contribution < -0.4 is 9.47 Å². The van der Waals surface area contributed by atoms with Crippen LogP contribution in [0.2, 0.25) is 0 Å². The van der Waals surface area contributed by atoms with E-state index in [1.54, 1.807) is 14.2 Å². The van der Waals surface area contributed by atoms with E-state index in [0.29, 0.717) is 13.2 Å². The van der Waals surface area contributed by atoms with Gasteiger partial charge in [-0.2, -0.15) is 0 Å². The molecule has 1 aromatic carbocycles. The van der Waals surface area contributed by atoms with Gasteiger partial charge in [-0.15, -0.1) is 0 Å². The summed E-state index contributed by atoms with van der Waals surface area (Å²) in [6.07, 6.45) is 1.83. The zero-order valence-corrected chi connectivity index (χ0v) is 15.4. The van der Waals surface area contributed by atoms with Crippen LogP contribution in [-0.2, 0) is 16.1 Å². The molecule has 1 fully saturated rings. The van der Waals surface area contributed by atoms with Crippen molar-refractivity contribution in [2.24, 2.45) is 5.92 Å². The van der Waals surface area contributed by atoms with Gasteiger partial charge in [-0.25, -0.2) is 0 Å². The van der Waals surface area contributed by atoms with E-state index in [-0.39, 0.29) is 17.4 Å². The lowest BCUT2D eigenvalue weighted by atomic mass is 9.96. The first-order valence-corrected chi connectivity index (χ1v) is 8.47. The maximum Gasteiger partial charge on any atom is 0.228 e. The predicted octanol–water partition coefficient (Wildman–Crippen LogP) is 3.26. The molecule has 1 heterocycles. The average molecular weight is 335 g/mol. The molecule has 5 heteroatoms. The summed E-state index contributed by atoms with van der Waals surface area (Å²) in [5, 5.41) is 0. The molecule has 1 amide bonds. The average Bonchev–Trinajstić information content (AvgIpc) is 2.58. The fourth-order valence-electron chi connectivity index (χ4n) is 2.98. The number of carbonyl (C=O) groups excluding carboxylic acids is 1. The molecule has 1 aromatic rings. The van der Waals surface area contributed by atoms with Gasteiger partial charge in [-0.3, -0.25) is 4.79 Å². The summed E-state index contributed by atoms with van der Waals surface area (Å²) in [6, 6.07) is 5.67. The Kier molecular flexibility index (Phi) is 6.10. The van der Waals surface area contributed by atoms with Gasteiger partial charge in [-0.1, -0.05) is 0 Å². The molecule has 24 heavy (non-hydrogen) atoms. The van der Waals surface area contributed by atoms with Gasteiger partial charge in [0.1, 0.15) is 11.5 Å². The second-order valence-electron chi connectivity index (χ2n) is 7.19. The van der Waals surface area contributed by atoms with Gasteiger partial charge in [-0.05, 0) is 51.8 Å². The van der Waals surface area contributed by atoms with Gasteiger partial charge in [0.05, 0.1) is 26.7 Å². The standard InChI is InChI=1S/C19H29NO4/c1-19(2,3)20(18(21)14-7-6-10-24-13-14)12-15-11-16(22-4)8-9-17(15)23-5/h8-9,11,14H,6-7,10,12-13H2,1-5H3/t14-/m1/s1. The van der Waals surface area contributed by atoms with Crippen molar-refractivity contribution >= 4 is 5.91 Å². The van der Waals surface area contributed by atoms with Crippen molar-refractivity contribution in [3.05, 3.63) is 23.8 Å². The highest BCUT2D eigenvalue weighted by Crippen LogP contribution is 2.29. The number of hydrogen-bond donors (Lipinski definition) is 0. The molecule has 0 saturated carbocycles. The SMILES string of the molecule is COc1ccc(OC)c(CN(C(=O)[C@@H]2CCCOC2)C(C)(C)C)c1. The van der Waals surface area contributed by atoms with Gasteiger partial charge in [0.2, 0.25) is 5.91 Å². The molecule has 5 nitrogen and oxygen atoms in total. The zero-order valence-electron chi connectivity index (χ0n) is 15.4. The maximum atomic E-state index is 13.1. The minimum absolute atomic E-state index is 0.0606. The summed E-state index contributed by atoms with van der Waals surface area (Å²) in [4.78, 5) is 15.0. The molecule has 2 rings (SSSR count). The third kappa shape index (κ3) is 4.41. The first-order chi connectivity index (χ1) is 11.4. The van der Waals surface area contributed by atoms with E-state index < -0.39 is 0 Å². The van der Waals surface area contributed by atoms with Crippen LogP contribution in [-0.4, -0.2) is 43.8 Å². The highest BCUT2D eigenvalue weighted by atomic mass is 16.5. The first kappa shape index (κ1) is 18.6. The minimum Gasteiger partial charge on any atom is -0.497 e. The Balaban J connectivity index is 2.27.